The van der Waals surface area contributed by atoms with Gasteiger partial charge in [0.1, 0.15) is 17.3 Å². The molecule has 2 N–H and O–H groups in total. The monoisotopic (exact) mass is 350 g/mol. The molecule has 2 heterocycles. The number of benzene rings is 2. The zero-order chi connectivity index (χ0) is 18.1. The molecule has 0 aliphatic heterocycles. The molecule has 0 radical (unpaired) electrons. The van der Waals surface area contributed by atoms with Crippen LogP contribution in [0.15, 0.2) is 55.1 Å². The molecule has 0 atom stereocenters. The van der Waals surface area contributed by atoms with Gasteiger partial charge in [-0.2, -0.15) is 0 Å². The molecule has 0 unspecified atom stereocenters. The lowest BCUT2D eigenvalue weighted by atomic mass is 10.1. The Kier molecular flexibility index (Phi) is 4.06. The number of hydrogen-bond acceptors (Lipinski definition) is 5. The van der Waals surface area contributed by atoms with Gasteiger partial charge in [0, 0.05) is 30.7 Å². The number of aliphatic hydroxyl groups is 1. The quantitative estimate of drug-likeness (QED) is 0.578. The third-order valence-electron chi connectivity index (χ3n) is 4.29. The average Bonchev–Trinajstić information content (AvgIpc) is 3.29. The Hall–Kier alpha value is -3.32. The second-order valence-electron chi connectivity index (χ2n) is 5.84. The minimum absolute atomic E-state index is 0.0690. The van der Waals surface area contributed by atoms with Gasteiger partial charge < -0.3 is 19.5 Å². The lowest BCUT2D eigenvalue weighted by Crippen LogP contribution is -2.00. The van der Waals surface area contributed by atoms with E-state index in [2.05, 4.69) is 9.97 Å². The minimum Gasteiger partial charge on any atom is -0.508 e. The van der Waals surface area contributed by atoms with Gasteiger partial charge in [-0.3, -0.25) is 4.57 Å². The Morgan fingerprint density at radius 1 is 1.12 bits per heavy atom. The smallest absolute Gasteiger partial charge is 0.148 e. The van der Waals surface area contributed by atoms with Gasteiger partial charge in [-0.1, -0.05) is 0 Å². The molecule has 2 aromatic carbocycles. The van der Waals surface area contributed by atoms with Gasteiger partial charge in [0.05, 0.1) is 36.6 Å². The Bertz CT molecular complexity index is 1070. The molecule has 0 saturated heterocycles. The first-order chi connectivity index (χ1) is 12.7. The van der Waals surface area contributed by atoms with Crippen LogP contribution < -0.4 is 4.74 Å². The van der Waals surface area contributed by atoms with E-state index in [1.54, 1.807) is 37.8 Å². The number of aromatic hydroxyl groups is 1. The molecule has 7 nitrogen and oxygen atoms in total. The Balaban J connectivity index is 1.81. The van der Waals surface area contributed by atoms with Gasteiger partial charge in [0.15, 0.2) is 0 Å². The molecule has 0 amide bonds. The third kappa shape index (κ3) is 2.68. The fourth-order valence-electron chi connectivity index (χ4n) is 3.06. The number of ether oxygens (including phenoxy) is 1. The van der Waals surface area contributed by atoms with Crippen LogP contribution in [0.2, 0.25) is 0 Å². The highest BCUT2D eigenvalue weighted by Crippen LogP contribution is 2.33. The summed E-state index contributed by atoms with van der Waals surface area (Å²) >= 11 is 0. The molecular weight excluding hydrogens is 332 g/mol. The lowest BCUT2D eigenvalue weighted by molar-refractivity contribution is 0.278. The van der Waals surface area contributed by atoms with Crippen molar-refractivity contribution < 1.29 is 14.9 Å². The molecule has 0 spiro atoms. The molecule has 0 aliphatic rings. The normalized spacial score (nSPS) is 11.2. The van der Waals surface area contributed by atoms with Crippen molar-refractivity contribution in [2.75, 3.05) is 13.7 Å². The van der Waals surface area contributed by atoms with Gasteiger partial charge in [-0.25, -0.2) is 9.97 Å². The van der Waals surface area contributed by atoms with Crippen LogP contribution in [0.25, 0.3) is 28.1 Å². The van der Waals surface area contributed by atoms with Gasteiger partial charge >= 0.3 is 0 Å². The van der Waals surface area contributed by atoms with Crippen molar-refractivity contribution in [2.24, 2.45) is 0 Å². The van der Waals surface area contributed by atoms with Crippen LogP contribution >= 0.6 is 0 Å². The van der Waals surface area contributed by atoms with Crippen molar-refractivity contribution in [3.63, 3.8) is 0 Å². The van der Waals surface area contributed by atoms with Crippen LogP contribution in [-0.2, 0) is 6.54 Å². The fourth-order valence-corrected chi connectivity index (χ4v) is 3.06. The predicted octanol–water partition coefficient (Wildman–Crippen LogP) is 2.60. The fraction of sp³-hybridized carbons (Fsp3) is 0.158. The van der Waals surface area contributed by atoms with Crippen molar-refractivity contribution in [1.82, 2.24) is 19.1 Å². The van der Waals surface area contributed by atoms with E-state index in [4.69, 9.17) is 9.84 Å². The van der Waals surface area contributed by atoms with E-state index >= 15 is 0 Å². The second kappa shape index (κ2) is 6.53. The summed E-state index contributed by atoms with van der Waals surface area (Å²) in [6, 6.07) is 10.9. The van der Waals surface area contributed by atoms with Crippen molar-refractivity contribution in [2.45, 2.75) is 6.54 Å². The number of phenols is 1. The standard InChI is InChI=1S/C19H18N4O3/c1-26-18-11-14(25)3-4-15(18)19-20-6-7-23(19)13-2-5-17-16(10-13)21-12-22(17)8-9-24/h2-7,10-12,24-25H,8-9H2,1H3. The summed E-state index contributed by atoms with van der Waals surface area (Å²) < 4.78 is 9.25. The number of hydrogen-bond donors (Lipinski definition) is 2. The molecule has 26 heavy (non-hydrogen) atoms. The van der Waals surface area contributed by atoms with E-state index in [9.17, 15) is 5.11 Å². The summed E-state index contributed by atoms with van der Waals surface area (Å²) in [5.74, 6) is 1.39. The van der Waals surface area contributed by atoms with Gasteiger partial charge in [-0.05, 0) is 30.3 Å². The average molecular weight is 350 g/mol. The number of rotatable bonds is 5. The van der Waals surface area contributed by atoms with E-state index in [-0.39, 0.29) is 12.4 Å². The lowest BCUT2D eigenvalue weighted by Gasteiger charge is -2.12. The van der Waals surface area contributed by atoms with Crippen LogP contribution in [0.3, 0.4) is 0 Å². The van der Waals surface area contributed by atoms with Crippen molar-refractivity contribution in [3.8, 4) is 28.6 Å². The molecule has 4 aromatic rings. The van der Waals surface area contributed by atoms with Crippen LogP contribution in [0, 0.1) is 0 Å². The first-order valence-electron chi connectivity index (χ1n) is 8.18. The Morgan fingerprint density at radius 3 is 2.81 bits per heavy atom. The molecule has 2 aromatic heterocycles. The van der Waals surface area contributed by atoms with Crippen molar-refractivity contribution in [3.05, 3.63) is 55.1 Å². The van der Waals surface area contributed by atoms with Crippen LogP contribution in [-0.4, -0.2) is 43.0 Å². The van der Waals surface area contributed by atoms with E-state index in [1.807, 2.05) is 33.5 Å². The summed E-state index contributed by atoms with van der Waals surface area (Å²) in [6.45, 7) is 0.580. The maximum atomic E-state index is 9.68. The molecule has 0 bridgehead atoms. The number of methoxy groups -OCH3 is 1. The van der Waals surface area contributed by atoms with Crippen LogP contribution in [0.4, 0.5) is 0 Å². The second-order valence-corrected chi connectivity index (χ2v) is 5.84. The summed E-state index contributed by atoms with van der Waals surface area (Å²) in [5, 5.41) is 18.8. The molecule has 0 fully saturated rings. The van der Waals surface area contributed by atoms with Gasteiger partial charge in [-0.15, -0.1) is 0 Å². The molecular formula is C19H18N4O3. The summed E-state index contributed by atoms with van der Waals surface area (Å²) in [6.07, 6.45) is 5.31. The highest BCUT2D eigenvalue weighted by Gasteiger charge is 2.14. The summed E-state index contributed by atoms with van der Waals surface area (Å²) in [7, 11) is 1.56. The Morgan fingerprint density at radius 2 is 2.00 bits per heavy atom. The number of phenolic OH excluding ortho intramolecular Hbond substituents is 1. The summed E-state index contributed by atoms with van der Waals surface area (Å²) in [4.78, 5) is 8.87. The van der Waals surface area contributed by atoms with Gasteiger partial charge in [0.25, 0.3) is 0 Å². The Labute approximate surface area is 149 Å². The van der Waals surface area contributed by atoms with Crippen molar-refractivity contribution in [1.29, 1.82) is 0 Å². The molecule has 0 saturated carbocycles. The highest BCUT2D eigenvalue weighted by atomic mass is 16.5. The maximum Gasteiger partial charge on any atom is 0.148 e. The van der Waals surface area contributed by atoms with E-state index in [1.165, 1.54) is 0 Å². The third-order valence-corrected chi connectivity index (χ3v) is 4.29. The van der Waals surface area contributed by atoms with E-state index in [0.717, 1.165) is 22.3 Å². The molecule has 7 heteroatoms. The molecule has 132 valence electrons. The zero-order valence-electron chi connectivity index (χ0n) is 14.2. The van der Waals surface area contributed by atoms with Crippen LogP contribution in [0.1, 0.15) is 0 Å². The summed E-state index contributed by atoms with van der Waals surface area (Å²) in [5.41, 5.74) is 3.50. The number of aliphatic hydroxyl groups excluding tert-OH is 1. The van der Waals surface area contributed by atoms with E-state index in [0.29, 0.717) is 18.1 Å². The van der Waals surface area contributed by atoms with E-state index < -0.39 is 0 Å². The number of nitrogens with zero attached hydrogens (tertiary/aromatic N) is 4. The first-order valence-corrected chi connectivity index (χ1v) is 8.18. The largest absolute Gasteiger partial charge is 0.508 e. The zero-order valence-corrected chi connectivity index (χ0v) is 14.2. The topological polar surface area (TPSA) is 85.3 Å². The first kappa shape index (κ1) is 16.2. The number of imidazole rings is 2. The molecule has 4 rings (SSSR count). The maximum absolute atomic E-state index is 9.68. The number of fused-ring (bicyclic) bond motifs is 1. The predicted molar refractivity (Wildman–Crippen MR) is 97.6 cm³/mol. The highest BCUT2D eigenvalue weighted by molar-refractivity contribution is 5.78. The number of aromatic nitrogens is 4. The van der Waals surface area contributed by atoms with Crippen LogP contribution in [0.5, 0.6) is 11.5 Å². The SMILES string of the molecule is COc1cc(O)ccc1-c1nccn1-c1ccc2c(c1)ncn2CCO. The van der Waals surface area contributed by atoms with Crippen molar-refractivity contribution >= 4 is 11.0 Å². The molecule has 0 aliphatic carbocycles. The minimum atomic E-state index is 0.0690. The van der Waals surface area contributed by atoms with Gasteiger partial charge in [0.2, 0.25) is 0 Å².